The molecule has 0 aliphatic carbocycles. The smallest absolute Gasteiger partial charge is 0.114 e. The molecule has 5 nitrogen and oxygen atoms in total. The van der Waals surface area contributed by atoms with Crippen LogP contribution in [-0.2, 0) is 0 Å². The van der Waals surface area contributed by atoms with Gasteiger partial charge in [-0.1, -0.05) is 167 Å². The zero-order valence-electron chi connectivity index (χ0n) is 34.3. The summed E-state index contributed by atoms with van der Waals surface area (Å²) >= 11 is 0. The molecule has 2 aliphatic heterocycles. The van der Waals surface area contributed by atoms with E-state index in [0.717, 1.165) is 39.0 Å². The van der Waals surface area contributed by atoms with E-state index in [-0.39, 0.29) is 0 Å². The van der Waals surface area contributed by atoms with E-state index in [9.17, 15) is 0 Å². The van der Waals surface area contributed by atoms with Gasteiger partial charge in [0.15, 0.2) is 0 Å². The fraction of sp³-hybridized carbons (Fsp3) is 0.870. The van der Waals surface area contributed by atoms with Crippen molar-refractivity contribution in [3.63, 3.8) is 0 Å². The van der Waals surface area contributed by atoms with Crippen molar-refractivity contribution in [2.45, 2.75) is 231 Å². The highest BCUT2D eigenvalue weighted by Gasteiger charge is 2.25. The summed E-state index contributed by atoms with van der Waals surface area (Å²) in [6.45, 7) is 8.64. The molecule has 2 heterocycles. The zero-order chi connectivity index (χ0) is 36.1. The molecule has 296 valence electrons. The molecule has 51 heavy (non-hydrogen) atoms. The Morgan fingerprint density at radius 1 is 0.451 bits per heavy atom. The van der Waals surface area contributed by atoms with Gasteiger partial charge in [-0.05, 0) is 77.0 Å². The average Bonchev–Trinajstić information content (AvgIpc) is 3.17. The highest BCUT2D eigenvalue weighted by molar-refractivity contribution is 5.91. The number of rotatable bonds is 36. The van der Waals surface area contributed by atoms with Gasteiger partial charge in [-0.3, -0.25) is 15.3 Å². The molecule has 2 aliphatic rings. The molecule has 0 aromatic carbocycles. The average molecular weight is 710 g/mol. The third kappa shape index (κ3) is 26.7. The van der Waals surface area contributed by atoms with Gasteiger partial charge in [0.25, 0.3) is 0 Å². The summed E-state index contributed by atoms with van der Waals surface area (Å²) in [6, 6.07) is 0.625. The van der Waals surface area contributed by atoms with Gasteiger partial charge >= 0.3 is 0 Å². The van der Waals surface area contributed by atoms with Crippen molar-refractivity contribution in [3.05, 3.63) is 24.3 Å². The van der Waals surface area contributed by atoms with Crippen LogP contribution in [0.5, 0.6) is 0 Å². The van der Waals surface area contributed by atoms with Crippen molar-refractivity contribution >= 4 is 11.7 Å². The Balaban J connectivity index is 1.62. The number of aliphatic imine (C=N–C) groups is 2. The van der Waals surface area contributed by atoms with Crippen molar-refractivity contribution in [2.75, 3.05) is 26.2 Å². The van der Waals surface area contributed by atoms with Crippen molar-refractivity contribution in [1.82, 2.24) is 16.0 Å². The molecule has 0 radical (unpaired) electrons. The second kappa shape index (κ2) is 35.4. The van der Waals surface area contributed by atoms with Crippen LogP contribution in [0.15, 0.2) is 34.3 Å². The minimum absolute atomic E-state index is 0.313. The lowest BCUT2D eigenvalue weighted by Crippen LogP contribution is -2.55. The SMILES string of the molecule is CCCCCCCC/C=C\CCCCCCCCC(NC(CCCCCCCC/C=C\CCCCCCCC)C1=NCCCN1)C1=NCCCN1. The van der Waals surface area contributed by atoms with Crippen LogP contribution in [0, 0.1) is 0 Å². The Morgan fingerprint density at radius 2 is 0.765 bits per heavy atom. The molecule has 0 aromatic rings. The highest BCUT2D eigenvalue weighted by atomic mass is 15.1. The Kier molecular flexibility index (Phi) is 31.6. The summed E-state index contributed by atoms with van der Waals surface area (Å²) in [5.74, 6) is 2.41. The maximum atomic E-state index is 4.97. The molecule has 2 atom stereocenters. The second-order valence-electron chi connectivity index (χ2n) is 15.8. The van der Waals surface area contributed by atoms with E-state index in [2.05, 4.69) is 54.1 Å². The summed E-state index contributed by atoms with van der Waals surface area (Å²) in [6.07, 6.45) is 52.4. The number of allylic oxidation sites excluding steroid dienone is 4. The van der Waals surface area contributed by atoms with Crippen molar-refractivity contribution in [3.8, 4) is 0 Å². The Hall–Kier alpha value is -1.62. The molecular formula is C46H87N5. The lowest BCUT2D eigenvalue weighted by molar-refractivity contribution is 0.455. The molecule has 0 saturated carbocycles. The molecule has 0 spiro atoms. The number of amidine groups is 2. The van der Waals surface area contributed by atoms with E-state index >= 15 is 0 Å². The number of nitrogens with zero attached hydrogens (tertiary/aromatic N) is 2. The molecule has 0 bridgehead atoms. The first kappa shape index (κ1) is 45.5. The Bertz CT molecular complexity index is 807. The maximum Gasteiger partial charge on any atom is 0.114 e. The number of unbranched alkanes of at least 4 members (excludes halogenated alkanes) is 24. The largest absolute Gasteiger partial charge is 0.372 e. The summed E-state index contributed by atoms with van der Waals surface area (Å²) in [7, 11) is 0. The maximum absolute atomic E-state index is 4.97. The molecule has 0 fully saturated rings. The van der Waals surface area contributed by atoms with Crippen LogP contribution in [0.25, 0.3) is 0 Å². The van der Waals surface area contributed by atoms with Crippen molar-refractivity contribution in [1.29, 1.82) is 0 Å². The normalized spacial score (nSPS) is 16.3. The summed E-state index contributed by atoms with van der Waals surface area (Å²) < 4.78 is 0. The predicted octanol–water partition coefficient (Wildman–Crippen LogP) is 13.0. The quantitative estimate of drug-likeness (QED) is 0.0448. The first-order valence-corrected chi connectivity index (χ1v) is 23.0. The third-order valence-electron chi connectivity index (χ3n) is 10.9. The van der Waals surface area contributed by atoms with Gasteiger partial charge in [-0.25, -0.2) is 0 Å². The number of hydrogen-bond donors (Lipinski definition) is 3. The monoisotopic (exact) mass is 710 g/mol. The van der Waals surface area contributed by atoms with E-state index in [4.69, 9.17) is 9.98 Å². The molecular weight excluding hydrogens is 623 g/mol. The van der Waals surface area contributed by atoms with Crippen LogP contribution >= 0.6 is 0 Å². The molecule has 0 aromatic heterocycles. The Labute approximate surface area is 318 Å². The molecule has 0 amide bonds. The van der Waals surface area contributed by atoms with Gasteiger partial charge in [0.2, 0.25) is 0 Å². The summed E-state index contributed by atoms with van der Waals surface area (Å²) in [4.78, 5) is 9.94. The molecule has 2 unspecified atom stereocenters. The molecule has 0 saturated heterocycles. The third-order valence-corrected chi connectivity index (χ3v) is 10.9. The van der Waals surface area contributed by atoms with Crippen LogP contribution in [0.2, 0.25) is 0 Å². The van der Waals surface area contributed by atoms with Crippen molar-refractivity contribution in [2.24, 2.45) is 9.98 Å². The predicted molar refractivity (Wildman–Crippen MR) is 229 cm³/mol. The lowest BCUT2D eigenvalue weighted by atomic mass is 10.00. The highest BCUT2D eigenvalue weighted by Crippen LogP contribution is 2.16. The zero-order valence-corrected chi connectivity index (χ0v) is 34.3. The van der Waals surface area contributed by atoms with Gasteiger partial charge in [-0.15, -0.1) is 0 Å². The van der Waals surface area contributed by atoms with Gasteiger partial charge in [0.05, 0.1) is 12.1 Å². The summed E-state index contributed by atoms with van der Waals surface area (Å²) in [5.41, 5.74) is 0. The van der Waals surface area contributed by atoms with E-state index in [1.807, 2.05) is 0 Å². The summed E-state index contributed by atoms with van der Waals surface area (Å²) in [5, 5.41) is 11.4. The van der Waals surface area contributed by atoms with E-state index in [0.29, 0.717) is 12.1 Å². The minimum atomic E-state index is 0.313. The van der Waals surface area contributed by atoms with Gasteiger partial charge in [-0.2, -0.15) is 0 Å². The molecule has 3 N–H and O–H groups in total. The lowest BCUT2D eigenvalue weighted by Gasteiger charge is -2.31. The van der Waals surface area contributed by atoms with Crippen LogP contribution in [0.1, 0.15) is 219 Å². The second-order valence-corrected chi connectivity index (χ2v) is 15.8. The molecule has 2 rings (SSSR count). The Morgan fingerprint density at radius 3 is 1.08 bits per heavy atom. The van der Waals surface area contributed by atoms with E-state index in [1.165, 1.54) is 204 Å². The standard InChI is InChI=1S/C46H87N5/c1-3-5-7-9-11-13-15-17-19-21-23-25-27-29-31-33-37-43(45-47-39-35-40-48-45)51-44(46-49-41-36-42-50-46)38-34-32-30-28-26-24-22-20-18-16-14-12-10-8-6-4-2/h17-20,43-44,51H,3-16,21-42H2,1-2H3,(H,47,48)(H,49,50)/b19-17-,20-18-. The van der Waals surface area contributed by atoms with Gasteiger partial charge in [0, 0.05) is 26.2 Å². The fourth-order valence-electron chi connectivity index (χ4n) is 7.60. The van der Waals surface area contributed by atoms with Crippen LogP contribution in [-0.4, -0.2) is 49.9 Å². The minimum Gasteiger partial charge on any atom is -0.372 e. The first-order chi connectivity index (χ1) is 25.3. The van der Waals surface area contributed by atoms with Crippen LogP contribution in [0.3, 0.4) is 0 Å². The molecule has 5 heteroatoms. The first-order valence-electron chi connectivity index (χ1n) is 23.0. The van der Waals surface area contributed by atoms with Crippen molar-refractivity contribution < 1.29 is 0 Å². The fourth-order valence-corrected chi connectivity index (χ4v) is 7.60. The number of nitrogens with one attached hydrogen (secondary N) is 3. The van der Waals surface area contributed by atoms with Crippen LogP contribution in [0.4, 0.5) is 0 Å². The topological polar surface area (TPSA) is 60.8 Å². The number of hydrogen-bond acceptors (Lipinski definition) is 5. The van der Waals surface area contributed by atoms with Gasteiger partial charge in [0.1, 0.15) is 11.7 Å². The van der Waals surface area contributed by atoms with E-state index in [1.54, 1.807) is 0 Å². The van der Waals surface area contributed by atoms with E-state index < -0.39 is 0 Å². The van der Waals surface area contributed by atoms with Crippen LogP contribution < -0.4 is 16.0 Å². The van der Waals surface area contributed by atoms with Gasteiger partial charge < -0.3 is 10.6 Å².